The van der Waals surface area contributed by atoms with Crippen molar-refractivity contribution in [1.82, 2.24) is 9.78 Å². The fourth-order valence-corrected chi connectivity index (χ4v) is 2.32. The summed E-state index contributed by atoms with van der Waals surface area (Å²) in [6, 6.07) is 4.33. The molecule has 1 heterocycles. The van der Waals surface area contributed by atoms with Crippen LogP contribution in [-0.4, -0.2) is 16.3 Å². The summed E-state index contributed by atoms with van der Waals surface area (Å²) >= 11 is 0. The van der Waals surface area contributed by atoms with E-state index in [0.29, 0.717) is 6.54 Å². The molecule has 18 heavy (non-hydrogen) atoms. The number of aromatic nitrogens is 2. The van der Waals surface area contributed by atoms with Crippen LogP contribution in [0.5, 0.6) is 0 Å². The second-order valence-corrected chi connectivity index (χ2v) is 4.90. The zero-order valence-electron chi connectivity index (χ0n) is 11.6. The molecule has 2 rings (SSSR count). The van der Waals surface area contributed by atoms with Gasteiger partial charge in [-0.1, -0.05) is 12.1 Å². The monoisotopic (exact) mass is 243 g/mol. The van der Waals surface area contributed by atoms with Gasteiger partial charge in [0.2, 0.25) is 0 Å². The van der Waals surface area contributed by atoms with Crippen molar-refractivity contribution in [1.29, 1.82) is 0 Å². The van der Waals surface area contributed by atoms with Crippen LogP contribution in [-0.2, 0) is 13.5 Å². The van der Waals surface area contributed by atoms with Gasteiger partial charge in [0.05, 0.1) is 5.69 Å². The Morgan fingerprint density at radius 3 is 2.56 bits per heavy atom. The third kappa shape index (κ3) is 2.18. The maximum Gasteiger partial charge on any atom is 0.0958 e. The highest BCUT2D eigenvalue weighted by atomic mass is 15.2. The number of hydrogen-bond acceptors (Lipinski definition) is 2. The predicted molar refractivity (Wildman–Crippen MR) is 75.6 cm³/mol. The van der Waals surface area contributed by atoms with Gasteiger partial charge in [-0.25, -0.2) is 0 Å². The molecule has 0 atom stereocenters. The van der Waals surface area contributed by atoms with E-state index in [4.69, 9.17) is 5.73 Å². The fraction of sp³-hybridized carbons (Fsp3) is 0.400. The first-order valence-corrected chi connectivity index (χ1v) is 6.34. The van der Waals surface area contributed by atoms with Crippen molar-refractivity contribution in [2.24, 2.45) is 12.8 Å². The molecule has 2 N–H and O–H groups in total. The maximum atomic E-state index is 5.67. The van der Waals surface area contributed by atoms with E-state index in [9.17, 15) is 0 Å². The first-order valence-electron chi connectivity index (χ1n) is 6.34. The molecule has 0 unspecified atom stereocenters. The Bertz CT molecular complexity index is 567. The smallest absolute Gasteiger partial charge is 0.0958 e. The highest BCUT2D eigenvalue weighted by Crippen LogP contribution is 2.28. The Kier molecular flexibility index (Phi) is 3.53. The Morgan fingerprint density at radius 1 is 1.17 bits per heavy atom. The summed E-state index contributed by atoms with van der Waals surface area (Å²) in [5, 5.41) is 4.59. The van der Waals surface area contributed by atoms with Crippen molar-refractivity contribution in [2.45, 2.75) is 27.2 Å². The van der Waals surface area contributed by atoms with Gasteiger partial charge in [0.1, 0.15) is 0 Å². The number of nitrogens with two attached hydrogens (primary N) is 1. The van der Waals surface area contributed by atoms with Gasteiger partial charge >= 0.3 is 0 Å². The molecule has 0 fully saturated rings. The summed E-state index contributed by atoms with van der Waals surface area (Å²) in [6.45, 7) is 7.13. The lowest BCUT2D eigenvalue weighted by Gasteiger charge is -2.10. The van der Waals surface area contributed by atoms with Crippen LogP contribution >= 0.6 is 0 Å². The summed E-state index contributed by atoms with van der Waals surface area (Å²) in [5.74, 6) is 0. The largest absolute Gasteiger partial charge is 0.330 e. The first-order chi connectivity index (χ1) is 8.54. The standard InChI is InChI=1S/C15H21N3/c1-10-5-6-14(12(3)11(10)2)15-13(7-8-16)9-18(4)17-15/h5-6,9H,7-8,16H2,1-4H3. The van der Waals surface area contributed by atoms with E-state index in [1.54, 1.807) is 0 Å². The normalized spacial score (nSPS) is 10.9. The molecule has 3 nitrogen and oxygen atoms in total. The molecule has 0 bridgehead atoms. The van der Waals surface area contributed by atoms with Gasteiger partial charge in [-0.05, 0) is 56.0 Å². The quantitative estimate of drug-likeness (QED) is 0.900. The molecule has 0 aliphatic rings. The molecular weight excluding hydrogens is 222 g/mol. The van der Waals surface area contributed by atoms with Gasteiger partial charge in [0.15, 0.2) is 0 Å². The van der Waals surface area contributed by atoms with Crippen LogP contribution in [0.3, 0.4) is 0 Å². The lowest BCUT2D eigenvalue weighted by Crippen LogP contribution is -2.03. The van der Waals surface area contributed by atoms with Crippen molar-refractivity contribution >= 4 is 0 Å². The zero-order chi connectivity index (χ0) is 13.3. The third-order valence-corrected chi connectivity index (χ3v) is 3.63. The number of nitrogens with zero attached hydrogens (tertiary/aromatic N) is 2. The third-order valence-electron chi connectivity index (χ3n) is 3.63. The van der Waals surface area contributed by atoms with Gasteiger partial charge in [-0.3, -0.25) is 4.68 Å². The summed E-state index contributed by atoms with van der Waals surface area (Å²) < 4.78 is 1.87. The molecule has 0 saturated heterocycles. The first kappa shape index (κ1) is 12.8. The lowest BCUT2D eigenvalue weighted by atomic mass is 9.95. The molecule has 0 amide bonds. The molecule has 0 aliphatic carbocycles. The SMILES string of the molecule is Cc1ccc(-c2nn(C)cc2CCN)c(C)c1C. The lowest BCUT2D eigenvalue weighted by molar-refractivity contribution is 0.769. The highest BCUT2D eigenvalue weighted by Gasteiger charge is 2.13. The fourth-order valence-electron chi connectivity index (χ4n) is 2.32. The van der Waals surface area contributed by atoms with Crippen LogP contribution in [0.4, 0.5) is 0 Å². The van der Waals surface area contributed by atoms with Crippen LogP contribution in [0.25, 0.3) is 11.3 Å². The number of rotatable bonds is 3. The molecular formula is C15H21N3. The molecule has 3 heteroatoms. The Hall–Kier alpha value is -1.61. The second-order valence-electron chi connectivity index (χ2n) is 4.90. The van der Waals surface area contributed by atoms with E-state index in [0.717, 1.165) is 12.1 Å². The molecule has 2 aromatic rings. The van der Waals surface area contributed by atoms with E-state index >= 15 is 0 Å². The van der Waals surface area contributed by atoms with Gasteiger partial charge in [-0.2, -0.15) is 5.10 Å². The van der Waals surface area contributed by atoms with Crippen LogP contribution in [0, 0.1) is 20.8 Å². The van der Waals surface area contributed by atoms with Crippen molar-refractivity contribution in [3.8, 4) is 11.3 Å². The van der Waals surface area contributed by atoms with E-state index < -0.39 is 0 Å². The highest BCUT2D eigenvalue weighted by molar-refractivity contribution is 5.68. The minimum absolute atomic E-state index is 0.655. The molecule has 1 aromatic carbocycles. The maximum absolute atomic E-state index is 5.67. The Balaban J connectivity index is 2.58. The van der Waals surface area contributed by atoms with Crippen molar-refractivity contribution in [3.63, 3.8) is 0 Å². The van der Waals surface area contributed by atoms with Crippen molar-refractivity contribution in [2.75, 3.05) is 6.54 Å². The molecule has 0 radical (unpaired) electrons. The molecule has 0 aliphatic heterocycles. The predicted octanol–water partition coefficient (Wildman–Crippen LogP) is 2.51. The van der Waals surface area contributed by atoms with Gasteiger partial charge in [0, 0.05) is 18.8 Å². The average Bonchev–Trinajstić information content (AvgIpc) is 2.68. The minimum atomic E-state index is 0.655. The van der Waals surface area contributed by atoms with E-state index in [-0.39, 0.29) is 0 Å². The van der Waals surface area contributed by atoms with Gasteiger partial charge < -0.3 is 5.73 Å². The van der Waals surface area contributed by atoms with E-state index in [1.165, 1.54) is 27.8 Å². The molecule has 96 valence electrons. The number of aryl methyl sites for hydroxylation is 2. The summed E-state index contributed by atoms with van der Waals surface area (Å²) in [7, 11) is 1.96. The Labute approximate surface area is 109 Å². The Morgan fingerprint density at radius 2 is 1.89 bits per heavy atom. The molecule has 0 spiro atoms. The summed E-state index contributed by atoms with van der Waals surface area (Å²) in [4.78, 5) is 0. The summed E-state index contributed by atoms with van der Waals surface area (Å²) in [5.41, 5.74) is 13.2. The molecule has 1 aromatic heterocycles. The number of hydrogen-bond donors (Lipinski definition) is 1. The number of benzene rings is 1. The van der Waals surface area contributed by atoms with Gasteiger partial charge in [-0.15, -0.1) is 0 Å². The van der Waals surface area contributed by atoms with Crippen LogP contribution in [0.2, 0.25) is 0 Å². The summed E-state index contributed by atoms with van der Waals surface area (Å²) in [6.07, 6.45) is 2.94. The topological polar surface area (TPSA) is 43.8 Å². The molecule has 0 saturated carbocycles. The van der Waals surface area contributed by atoms with Crippen molar-refractivity contribution < 1.29 is 0 Å². The van der Waals surface area contributed by atoms with Crippen LogP contribution < -0.4 is 5.73 Å². The minimum Gasteiger partial charge on any atom is -0.330 e. The second kappa shape index (κ2) is 4.94. The van der Waals surface area contributed by atoms with E-state index in [1.807, 2.05) is 11.7 Å². The van der Waals surface area contributed by atoms with Crippen molar-refractivity contribution in [3.05, 3.63) is 40.6 Å². The van der Waals surface area contributed by atoms with Crippen LogP contribution in [0.1, 0.15) is 22.3 Å². The zero-order valence-corrected chi connectivity index (χ0v) is 11.6. The average molecular weight is 243 g/mol. The van der Waals surface area contributed by atoms with Gasteiger partial charge in [0.25, 0.3) is 0 Å². The van der Waals surface area contributed by atoms with E-state index in [2.05, 4.69) is 44.2 Å². The van der Waals surface area contributed by atoms with Crippen LogP contribution in [0.15, 0.2) is 18.3 Å².